The van der Waals surface area contributed by atoms with Crippen molar-refractivity contribution in [1.29, 1.82) is 5.26 Å². The molecule has 4 heterocycles. The van der Waals surface area contributed by atoms with Gasteiger partial charge in [0.15, 0.2) is 0 Å². The summed E-state index contributed by atoms with van der Waals surface area (Å²) in [5.74, 6) is -1.52. The number of nitriles is 1. The number of carbonyl (C=O) groups excluding carboxylic acids is 2. The van der Waals surface area contributed by atoms with Crippen molar-refractivity contribution in [3.8, 4) is 11.9 Å². The molecule has 0 N–H and O–H groups in total. The van der Waals surface area contributed by atoms with E-state index in [2.05, 4.69) is 11.1 Å². The van der Waals surface area contributed by atoms with E-state index in [9.17, 15) is 14.9 Å². The van der Waals surface area contributed by atoms with Crippen LogP contribution in [0.2, 0.25) is 5.02 Å². The van der Waals surface area contributed by atoms with Crippen LogP contribution in [-0.4, -0.2) is 47.8 Å². The van der Waals surface area contributed by atoms with E-state index < -0.39 is 23.0 Å². The Bertz CT molecular complexity index is 1490. The number of methoxy groups -OCH3 is 1. The maximum Gasteiger partial charge on any atom is 0.240 e. The lowest BCUT2D eigenvalue weighted by Gasteiger charge is -2.37. The fourth-order valence-corrected chi connectivity index (χ4v) is 6.89. The van der Waals surface area contributed by atoms with Crippen molar-refractivity contribution in [3.05, 3.63) is 65.3 Å². The Morgan fingerprint density at radius 2 is 1.89 bits per heavy atom. The molecule has 194 valence electrons. The van der Waals surface area contributed by atoms with Gasteiger partial charge in [0.25, 0.3) is 0 Å². The van der Waals surface area contributed by atoms with Crippen molar-refractivity contribution < 1.29 is 23.8 Å². The summed E-state index contributed by atoms with van der Waals surface area (Å²) in [5, 5.41) is 11.5. The van der Waals surface area contributed by atoms with E-state index in [-0.39, 0.29) is 24.5 Å². The van der Waals surface area contributed by atoms with Crippen LogP contribution in [0.5, 0.6) is 5.88 Å². The number of amides is 2. The summed E-state index contributed by atoms with van der Waals surface area (Å²) in [5.41, 5.74) is -0.860. The predicted octanol–water partition coefficient (Wildman–Crippen LogP) is 4.67. The highest BCUT2D eigenvalue weighted by Gasteiger charge is 2.78. The van der Waals surface area contributed by atoms with Crippen molar-refractivity contribution in [2.45, 2.75) is 43.5 Å². The standard InChI is InChI=1S/C29H26ClN3O5/c1-3-28-14-22(36-2)29(38-28,12-13-37-23-11-9-18(30)16-32-23)25-24(28)26(34)33(27(25)35)21-10-8-17(15-31)19-6-4-5-7-20(19)21/h4-11,16,22,24-25H,3,12-14H2,1-2H3/t22-,24+,25-,28+,29-/m0/s1. The van der Waals surface area contributed by atoms with Gasteiger partial charge >= 0.3 is 0 Å². The predicted molar refractivity (Wildman–Crippen MR) is 140 cm³/mol. The molecule has 0 unspecified atom stereocenters. The number of benzene rings is 2. The Hall–Kier alpha value is -3.51. The number of rotatable bonds is 7. The first-order valence-electron chi connectivity index (χ1n) is 12.7. The van der Waals surface area contributed by atoms with Gasteiger partial charge in [-0.3, -0.25) is 9.59 Å². The van der Waals surface area contributed by atoms with Gasteiger partial charge in [0, 0.05) is 43.0 Å². The first kappa shape index (κ1) is 24.8. The second-order valence-electron chi connectivity index (χ2n) is 10.1. The molecule has 3 aliphatic rings. The van der Waals surface area contributed by atoms with Crippen LogP contribution in [0.4, 0.5) is 5.69 Å². The molecule has 5 atom stereocenters. The van der Waals surface area contributed by atoms with Crippen LogP contribution >= 0.6 is 11.6 Å². The highest BCUT2D eigenvalue weighted by Crippen LogP contribution is 2.64. The van der Waals surface area contributed by atoms with E-state index in [1.807, 2.05) is 31.2 Å². The van der Waals surface area contributed by atoms with Crippen LogP contribution < -0.4 is 9.64 Å². The highest BCUT2D eigenvalue weighted by molar-refractivity contribution is 6.30. The van der Waals surface area contributed by atoms with Crippen LogP contribution in [-0.2, 0) is 19.1 Å². The largest absolute Gasteiger partial charge is 0.478 e. The molecule has 38 heavy (non-hydrogen) atoms. The number of nitrogens with zero attached hydrogens (tertiary/aromatic N) is 3. The Balaban J connectivity index is 1.39. The van der Waals surface area contributed by atoms with Gasteiger partial charge < -0.3 is 14.2 Å². The lowest BCUT2D eigenvalue weighted by molar-refractivity contribution is -0.140. The van der Waals surface area contributed by atoms with Gasteiger partial charge in [-0.25, -0.2) is 9.88 Å². The van der Waals surface area contributed by atoms with Crippen molar-refractivity contribution >= 4 is 39.9 Å². The van der Waals surface area contributed by atoms with Gasteiger partial charge in [0.2, 0.25) is 17.7 Å². The van der Waals surface area contributed by atoms with Gasteiger partial charge in [0.1, 0.15) is 5.60 Å². The molecular weight excluding hydrogens is 506 g/mol. The Morgan fingerprint density at radius 3 is 2.58 bits per heavy atom. The summed E-state index contributed by atoms with van der Waals surface area (Å²) in [6.07, 6.45) is 2.56. The first-order chi connectivity index (χ1) is 18.4. The summed E-state index contributed by atoms with van der Waals surface area (Å²) in [4.78, 5) is 33.8. The highest BCUT2D eigenvalue weighted by atomic mass is 35.5. The first-order valence-corrected chi connectivity index (χ1v) is 13.0. The number of carbonyl (C=O) groups is 2. The molecule has 2 bridgehead atoms. The third kappa shape index (κ3) is 3.39. The number of aromatic nitrogens is 1. The lowest BCUT2D eigenvalue weighted by Crippen LogP contribution is -2.52. The van der Waals surface area contributed by atoms with Crippen molar-refractivity contribution in [2.75, 3.05) is 18.6 Å². The molecule has 3 saturated heterocycles. The molecular formula is C29H26ClN3O5. The summed E-state index contributed by atoms with van der Waals surface area (Å²) < 4.78 is 18.5. The zero-order valence-corrected chi connectivity index (χ0v) is 21.8. The average molecular weight is 532 g/mol. The molecule has 0 radical (unpaired) electrons. The van der Waals surface area contributed by atoms with E-state index in [1.165, 1.54) is 11.1 Å². The normalized spacial score (nSPS) is 29.6. The quantitative estimate of drug-likeness (QED) is 0.408. The maximum absolute atomic E-state index is 14.2. The third-order valence-electron chi connectivity index (χ3n) is 8.46. The second-order valence-corrected chi connectivity index (χ2v) is 10.5. The van der Waals surface area contributed by atoms with Gasteiger partial charge in [0.05, 0.1) is 52.5 Å². The summed E-state index contributed by atoms with van der Waals surface area (Å²) >= 11 is 5.93. The van der Waals surface area contributed by atoms with E-state index in [0.717, 1.165) is 0 Å². The molecule has 1 aromatic heterocycles. The van der Waals surface area contributed by atoms with Crippen LogP contribution in [0.3, 0.4) is 0 Å². The minimum Gasteiger partial charge on any atom is -0.478 e. The van der Waals surface area contributed by atoms with Gasteiger partial charge in [-0.1, -0.05) is 42.8 Å². The second kappa shape index (κ2) is 9.05. The maximum atomic E-state index is 14.2. The topological polar surface area (TPSA) is 102 Å². The molecule has 6 rings (SSSR count). The Kier molecular flexibility index (Phi) is 5.91. The van der Waals surface area contributed by atoms with E-state index in [4.69, 9.17) is 25.8 Å². The fraction of sp³-hybridized carbons (Fsp3) is 0.379. The molecule has 9 heteroatoms. The summed E-state index contributed by atoms with van der Waals surface area (Å²) in [7, 11) is 1.61. The third-order valence-corrected chi connectivity index (χ3v) is 8.68. The Labute approximate surface area is 225 Å². The van der Waals surface area contributed by atoms with E-state index >= 15 is 0 Å². The number of hydrogen-bond acceptors (Lipinski definition) is 7. The van der Waals surface area contributed by atoms with E-state index in [1.54, 1.807) is 31.4 Å². The molecule has 3 aromatic rings. The monoisotopic (exact) mass is 531 g/mol. The minimum atomic E-state index is -1.02. The molecule has 2 amide bonds. The van der Waals surface area contributed by atoms with Gasteiger partial charge in [-0.2, -0.15) is 5.26 Å². The SMILES string of the molecule is CC[C@]12C[C@H](OC)[C@](CCOc3ccc(Cl)cn3)(O1)[C@@H]1C(=O)N(c3ccc(C#N)c4ccccc34)C(=O)[C@@H]12. The van der Waals surface area contributed by atoms with Gasteiger partial charge in [-0.15, -0.1) is 0 Å². The number of hydrogen-bond donors (Lipinski definition) is 0. The zero-order valence-electron chi connectivity index (χ0n) is 21.0. The smallest absolute Gasteiger partial charge is 0.240 e. The number of pyridine rings is 1. The van der Waals surface area contributed by atoms with E-state index in [0.29, 0.717) is 52.2 Å². The summed E-state index contributed by atoms with van der Waals surface area (Å²) in [6.45, 7) is 2.20. The fourth-order valence-electron chi connectivity index (χ4n) is 6.78. The minimum absolute atomic E-state index is 0.221. The molecule has 2 aromatic carbocycles. The molecule has 0 aliphatic carbocycles. The van der Waals surface area contributed by atoms with Crippen molar-refractivity contribution in [1.82, 2.24) is 4.98 Å². The molecule has 0 saturated carbocycles. The summed E-state index contributed by atoms with van der Waals surface area (Å²) in [6, 6.07) is 16.3. The number of ether oxygens (including phenoxy) is 3. The molecule has 8 nitrogen and oxygen atoms in total. The van der Waals surface area contributed by atoms with Gasteiger partial charge in [-0.05, 0) is 24.6 Å². The van der Waals surface area contributed by atoms with Crippen LogP contribution in [0, 0.1) is 23.2 Å². The molecule has 3 aliphatic heterocycles. The number of halogens is 1. The molecule has 3 fully saturated rings. The number of imide groups is 1. The van der Waals surface area contributed by atoms with Crippen LogP contribution in [0.15, 0.2) is 54.7 Å². The van der Waals surface area contributed by atoms with Crippen molar-refractivity contribution in [3.63, 3.8) is 0 Å². The average Bonchev–Trinajstić information content (AvgIpc) is 3.53. The number of anilines is 1. The van der Waals surface area contributed by atoms with Crippen LogP contribution in [0.1, 0.15) is 31.7 Å². The zero-order chi connectivity index (χ0) is 26.7. The number of fused-ring (bicyclic) bond motifs is 6. The Morgan fingerprint density at radius 1 is 1.13 bits per heavy atom. The lowest BCUT2D eigenvalue weighted by atomic mass is 9.64. The molecule has 0 spiro atoms. The van der Waals surface area contributed by atoms with Crippen molar-refractivity contribution in [2.24, 2.45) is 11.8 Å². The van der Waals surface area contributed by atoms with Crippen LogP contribution in [0.25, 0.3) is 10.8 Å².